The van der Waals surface area contributed by atoms with Crippen molar-refractivity contribution in [2.75, 3.05) is 25.1 Å². The largest absolute Gasteiger partial charge is 0.341 e. The number of piperidine rings is 1. The second-order valence-corrected chi connectivity index (χ2v) is 6.80. The topological polar surface area (TPSA) is 46.3 Å². The summed E-state index contributed by atoms with van der Waals surface area (Å²) in [6.07, 6.45) is 7.60. The molecule has 0 aromatic rings. The molecule has 0 aliphatic carbocycles. The van der Waals surface area contributed by atoms with E-state index in [1.165, 1.54) is 19.3 Å². The molecule has 0 saturated carbocycles. The van der Waals surface area contributed by atoms with Crippen LogP contribution in [0, 0.1) is 5.41 Å². The lowest BCUT2D eigenvalue weighted by atomic mass is 9.78. The van der Waals surface area contributed by atoms with E-state index in [9.17, 15) is 4.79 Å². The van der Waals surface area contributed by atoms with Crippen LogP contribution in [-0.4, -0.2) is 41.9 Å². The van der Waals surface area contributed by atoms with Gasteiger partial charge in [0.05, 0.1) is 6.04 Å². The van der Waals surface area contributed by atoms with Crippen molar-refractivity contribution in [3.63, 3.8) is 0 Å². The summed E-state index contributed by atoms with van der Waals surface area (Å²) < 4.78 is 0. The Morgan fingerprint density at radius 2 is 2.21 bits per heavy atom. The van der Waals surface area contributed by atoms with Crippen molar-refractivity contribution in [1.29, 1.82) is 0 Å². The van der Waals surface area contributed by atoms with Gasteiger partial charge in [0.2, 0.25) is 5.91 Å². The third kappa shape index (κ3) is 5.92. The highest BCUT2D eigenvalue weighted by molar-refractivity contribution is 7.98. The lowest BCUT2D eigenvalue weighted by Crippen LogP contribution is -2.50. The number of carbonyl (C=O) groups excluding carboxylic acids is 1. The van der Waals surface area contributed by atoms with Gasteiger partial charge in [-0.2, -0.15) is 11.8 Å². The predicted molar refractivity (Wildman–Crippen MR) is 87.1 cm³/mol. The summed E-state index contributed by atoms with van der Waals surface area (Å²) in [7, 11) is 0. The van der Waals surface area contributed by atoms with Crippen LogP contribution in [-0.2, 0) is 4.79 Å². The Hall–Kier alpha value is 0.0700. The molecule has 0 aromatic carbocycles. The molecule has 3 nitrogen and oxygen atoms in total. The molecule has 1 aliphatic rings. The van der Waals surface area contributed by atoms with E-state index in [2.05, 4.69) is 20.1 Å². The second-order valence-electron chi connectivity index (χ2n) is 5.81. The molecule has 2 N–H and O–H groups in total. The Labute approximate surface area is 128 Å². The number of carbonyl (C=O) groups is 1. The monoisotopic (exact) mass is 308 g/mol. The number of thioether (sulfide) groups is 1. The standard InChI is InChI=1S/C14H28N2OS.ClH/c1-4-7-14(2)8-5-9-16(11-14)13(17)12(15)6-10-18-3;/h12H,4-11,15H2,1-3H3;1H/t12-,14?;/m0./s1. The summed E-state index contributed by atoms with van der Waals surface area (Å²) in [6.45, 7) is 6.32. The van der Waals surface area contributed by atoms with Crippen LogP contribution in [0.15, 0.2) is 0 Å². The number of nitrogens with zero attached hydrogens (tertiary/aromatic N) is 1. The van der Waals surface area contributed by atoms with Gasteiger partial charge in [-0.1, -0.05) is 20.3 Å². The van der Waals surface area contributed by atoms with E-state index in [1.807, 2.05) is 4.90 Å². The van der Waals surface area contributed by atoms with Crippen LogP contribution in [0.3, 0.4) is 0 Å². The molecule has 1 heterocycles. The number of halogens is 1. The minimum atomic E-state index is -0.304. The summed E-state index contributed by atoms with van der Waals surface area (Å²) in [5, 5.41) is 0. The zero-order valence-corrected chi connectivity index (χ0v) is 14.1. The van der Waals surface area contributed by atoms with Crippen molar-refractivity contribution in [2.45, 2.75) is 52.0 Å². The zero-order valence-electron chi connectivity index (χ0n) is 12.5. The van der Waals surface area contributed by atoms with Gasteiger partial charge in [0.25, 0.3) is 0 Å². The molecule has 0 radical (unpaired) electrons. The molecule has 1 aliphatic heterocycles. The van der Waals surface area contributed by atoms with E-state index in [0.29, 0.717) is 5.41 Å². The maximum absolute atomic E-state index is 12.3. The molecule has 5 heteroatoms. The Morgan fingerprint density at radius 3 is 2.79 bits per heavy atom. The number of hydrogen-bond donors (Lipinski definition) is 1. The lowest BCUT2D eigenvalue weighted by molar-refractivity contribution is -0.136. The first-order chi connectivity index (χ1) is 8.52. The maximum Gasteiger partial charge on any atom is 0.239 e. The summed E-state index contributed by atoms with van der Waals surface area (Å²) in [5.41, 5.74) is 6.30. The molecule has 1 amide bonds. The third-order valence-electron chi connectivity index (χ3n) is 3.90. The highest BCUT2D eigenvalue weighted by atomic mass is 35.5. The first-order valence-electron chi connectivity index (χ1n) is 7.06. The number of rotatable bonds is 6. The Bertz CT molecular complexity index is 274. The fourth-order valence-corrected chi connectivity index (χ4v) is 3.40. The molecular weight excluding hydrogens is 280 g/mol. The van der Waals surface area contributed by atoms with Crippen LogP contribution in [0.25, 0.3) is 0 Å². The Morgan fingerprint density at radius 1 is 1.53 bits per heavy atom. The van der Waals surface area contributed by atoms with E-state index < -0.39 is 0 Å². The van der Waals surface area contributed by atoms with E-state index in [4.69, 9.17) is 5.73 Å². The van der Waals surface area contributed by atoms with Crippen LogP contribution < -0.4 is 5.73 Å². The summed E-state index contributed by atoms with van der Waals surface area (Å²) >= 11 is 1.75. The van der Waals surface area contributed by atoms with Gasteiger partial charge < -0.3 is 10.6 Å². The molecule has 114 valence electrons. The summed E-state index contributed by atoms with van der Waals surface area (Å²) in [6, 6.07) is -0.304. The Balaban J connectivity index is 0.00000324. The number of hydrogen-bond acceptors (Lipinski definition) is 3. The minimum Gasteiger partial charge on any atom is -0.341 e. The van der Waals surface area contributed by atoms with Gasteiger partial charge in [0, 0.05) is 13.1 Å². The van der Waals surface area contributed by atoms with Gasteiger partial charge in [-0.25, -0.2) is 0 Å². The third-order valence-corrected chi connectivity index (χ3v) is 4.54. The number of likely N-dealkylation sites (tertiary alicyclic amines) is 1. The van der Waals surface area contributed by atoms with Crippen LogP contribution in [0.4, 0.5) is 0 Å². The fourth-order valence-electron chi connectivity index (χ4n) is 2.91. The Kier molecular flexibility index (Phi) is 9.12. The molecule has 1 rings (SSSR count). The van der Waals surface area contributed by atoms with Gasteiger partial charge >= 0.3 is 0 Å². The molecule has 2 atom stereocenters. The lowest BCUT2D eigenvalue weighted by Gasteiger charge is -2.41. The van der Waals surface area contributed by atoms with E-state index >= 15 is 0 Å². The van der Waals surface area contributed by atoms with Crippen molar-refractivity contribution in [3.05, 3.63) is 0 Å². The van der Waals surface area contributed by atoms with Gasteiger partial charge in [0.15, 0.2) is 0 Å². The van der Waals surface area contributed by atoms with Crippen molar-refractivity contribution in [2.24, 2.45) is 11.1 Å². The van der Waals surface area contributed by atoms with E-state index in [0.717, 1.165) is 31.7 Å². The van der Waals surface area contributed by atoms with Crippen LogP contribution in [0.5, 0.6) is 0 Å². The first-order valence-corrected chi connectivity index (χ1v) is 8.45. The SMILES string of the molecule is CCCC1(C)CCCN(C(=O)[C@@H](N)CCSC)C1.Cl. The quantitative estimate of drug-likeness (QED) is 0.820. The van der Waals surface area contributed by atoms with Gasteiger partial charge in [-0.05, 0) is 43.1 Å². The predicted octanol–water partition coefficient (Wildman–Crippen LogP) is 2.92. The fraction of sp³-hybridized carbons (Fsp3) is 0.929. The van der Waals surface area contributed by atoms with E-state index in [1.54, 1.807) is 11.8 Å². The molecule has 0 aromatic heterocycles. The number of nitrogens with two attached hydrogens (primary N) is 1. The molecule has 1 unspecified atom stereocenters. The van der Waals surface area contributed by atoms with Crippen molar-refractivity contribution in [1.82, 2.24) is 4.90 Å². The zero-order chi connectivity index (χ0) is 13.6. The highest BCUT2D eigenvalue weighted by Gasteiger charge is 2.33. The van der Waals surface area contributed by atoms with Crippen LogP contribution >= 0.6 is 24.2 Å². The first kappa shape index (κ1) is 19.1. The molecule has 0 spiro atoms. The van der Waals surface area contributed by atoms with Crippen LogP contribution in [0.1, 0.15) is 46.0 Å². The van der Waals surface area contributed by atoms with Gasteiger partial charge in [0.1, 0.15) is 0 Å². The van der Waals surface area contributed by atoms with Crippen molar-refractivity contribution in [3.8, 4) is 0 Å². The van der Waals surface area contributed by atoms with Gasteiger partial charge in [-0.15, -0.1) is 12.4 Å². The molecule has 0 bridgehead atoms. The average molecular weight is 309 g/mol. The minimum absolute atomic E-state index is 0. The average Bonchev–Trinajstić information content (AvgIpc) is 2.35. The second kappa shape index (κ2) is 9.09. The highest BCUT2D eigenvalue weighted by Crippen LogP contribution is 2.34. The normalized spacial score (nSPS) is 24.7. The molecule has 1 fully saturated rings. The van der Waals surface area contributed by atoms with Gasteiger partial charge in [-0.3, -0.25) is 4.79 Å². The molecule has 19 heavy (non-hydrogen) atoms. The van der Waals surface area contributed by atoms with Crippen LogP contribution in [0.2, 0.25) is 0 Å². The molecule has 1 saturated heterocycles. The summed E-state index contributed by atoms with van der Waals surface area (Å²) in [5.74, 6) is 1.12. The smallest absolute Gasteiger partial charge is 0.239 e. The van der Waals surface area contributed by atoms with E-state index in [-0.39, 0.29) is 24.4 Å². The number of amides is 1. The van der Waals surface area contributed by atoms with Crippen molar-refractivity contribution < 1.29 is 4.79 Å². The maximum atomic E-state index is 12.3. The summed E-state index contributed by atoms with van der Waals surface area (Å²) in [4.78, 5) is 14.3. The van der Waals surface area contributed by atoms with Crippen molar-refractivity contribution >= 4 is 30.1 Å². The molecular formula is C14H29ClN2OS.